The van der Waals surface area contributed by atoms with Crippen LogP contribution in [-0.4, -0.2) is 15.7 Å². The topological polar surface area (TPSA) is 46.9 Å². The number of benzene rings is 1. The van der Waals surface area contributed by atoms with Crippen LogP contribution in [0.3, 0.4) is 0 Å². The fourth-order valence-electron chi connectivity index (χ4n) is 1.89. The van der Waals surface area contributed by atoms with E-state index in [2.05, 4.69) is 10.4 Å². The van der Waals surface area contributed by atoms with Crippen LogP contribution in [0, 0.1) is 6.92 Å². The van der Waals surface area contributed by atoms with Crippen LogP contribution in [0.15, 0.2) is 36.5 Å². The number of aromatic nitrogens is 2. The average Bonchev–Trinajstić information content (AvgIpc) is 2.84. The summed E-state index contributed by atoms with van der Waals surface area (Å²) in [5.74, 6) is -0.0445. The Hall–Kier alpha value is -2.10. The molecular weight excluding hydrogens is 226 g/mol. The summed E-state index contributed by atoms with van der Waals surface area (Å²) in [4.78, 5) is 12.0. The van der Waals surface area contributed by atoms with Gasteiger partial charge in [0.15, 0.2) is 0 Å². The highest BCUT2D eigenvalue weighted by Gasteiger charge is 2.08. The SMILES string of the molecule is CCn1nccc1CNC(=O)c1ccccc1C. The van der Waals surface area contributed by atoms with Crippen molar-refractivity contribution < 1.29 is 4.79 Å². The second-order valence-electron chi connectivity index (χ2n) is 4.14. The standard InChI is InChI=1S/C14H17N3O/c1-3-17-12(8-9-16-17)10-15-14(18)13-7-5-4-6-11(13)2/h4-9H,3,10H2,1-2H3,(H,15,18). The van der Waals surface area contributed by atoms with Crippen LogP contribution < -0.4 is 5.32 Å². The first-order valence-corrected chi connectivity index (χ1v) is 6.07. The van der Waals surface area contributed by atoms with Crippen molar-refractivity contribution in [3.63, 3.8) is 0 Å². The molecule has 0 saturated carbocycles. The highest BCUT2D eigenvalue weighted by molar-refractivity contribution is 5.95. The van der Waals surface area contributed by atoms with Gasteiger partial charge in [-0.3, -0.25) is 9.48 Å². The van der Waals surface area contributed by atoms with E-state index >= 15 is 0 Å². The van der Waals surface area contributed by atoms with Gasteiger partial charge in [0.25, 0.3) is 5.91 Å². The fraction of sp³-hybridized carbons (Fsp3) is 0.286. The first kappa shape index (κ1) is 12.4. The molecule has 0 atom stereocenters. The Labute approximate surface area is 107 Å². The molecule has 0 fully saturated rings. The zero-order chi connectivity index (χ0) is 13.0. The van der Waals surface area contributed by atoms with Crippen LogP contribution in [0.5, 0.6) is 0 Å². The molecule has 94 valence electrons. The van der Waals surface area contributed by atoms with Crippen LogP contribution in [0.1, 0.15) is 28.5 Å². The minimum Gasteiger partial charge on any atom is -0.346 e. The van der Waals surface area contributed by atoms with Crippen molar-refractivity contribution in [2.75, 3.05) is 0 Å². The molecule has 2 rings (SSSR count). The lowest BCUT2D eigenvalue weighted by molar-refractivity contribution is 0.0949. The Bertz CT molecular complexity index is 545. The average molecular weight is 243 g/mol. The maximum atomic E-state index is 12.0. The van der Waals surface area contributed by atoms with Gasteiger partial charge in [-0.2, -0.15) is 5.10 Å². The van der Waals surface area contributed by atoms with E-state index in [1.165, 1.54) is 0 Å². The molecule has 1 aromatic heterocycles. The Morgan fingerprint density at radius 3 is 2.83 bits per heavy atom. The summed E-state index contributed by atoms with van der Waals surface area (Å²) >= 11 is 0. The molecule has 0 aliphatic rings. The molecule has 0 bridgehead atoms. The summed E-state index contributed by atoms with van der Waals surface area (Å²) in [6.07, 6.45) is 1.75. The number of hydrogen-bond acceptors (Lipinski definition) is 2. The molecule has 0 saturated heterocycles. The zero-order valence-electron chi connectivity index (χ0n) is 10.7. The van der Waals surface area contributed by atoms with Gasteiger partial charge >= 0.3 is 0 Å². The molecule has 0 radical (unpaired) electrons. The molecule has 1 N–H and O–H groups in total. The first-order chi connectivity index (χ1) is 8.72. The summed E-state index contributed by atoms with van der Waals surface area (Å²) in [5.41, 5.74) is 2.72. The van der Waals surface area contributed by atoms with Gasteiger partial charge in [0.2, 0.25) is 0 Å². The summed E-state index contributed by atoms with van der Waals surface area (Å²) in [6, 6.07) is 9.49. The van der Waals surface area contributed by atoms with Gasteiger partial charge in [-0.1, -0.05) is 18.2 Å². The third-order valence-corrected chi connectivity index (χ3v) is 2.92. The summed E-state index contributed by atoms with van der Waals surface area (Å²) in [5, 5.41) is 7.09. The van der Waals surface area contributed by atoms with Gasteiger partial charge in [0.05, 0.1) is 12.2 Å². The summed E-state index contributed by atoms with van der Waals surface area (Å²) in [6.45, 7) is 5.27. The van der Waals surface area contributed by atoms with E-state index in [4.69, 9.17) is 0 Å². The molecule has 1 aromatic carbocycles. The Balaban J connectivity index is 2.03. The monoisotopic (exact) mass is 243 g/mol. The highest BCUT2D eigenvalue weighted by Crippen LogP contribution is 2.07. The van der Waals surface area contributed by atoms with E-state index in [0.717, 1.165) is 23.4 Å². The number of nitrogens with one attached hydrogen (secondary N) is 1. The lowest BCUT2D eigenvalue weighted by atomic mass is 10.1. The summed E-state index contributed by atoms with van der Waals surface area (Å²) in [7, 11) is 0. The van der Waals surface area contributed by atoms with Crippen LogP contribution in [0.25, 0.3) is 0 Å². The van der Waals surface area contributed by atoms with E-state index in [9.17, 15) is 4.79 Å². The predicted molar refractivity (Wildman–Crippen MR) is 70.3 cm³/mol. The predicted octanol–water partition coefficient (Wildman–Crippen LogP) is 2.14. The van der Waals surface area contributed by atoms with Gasteiger partial charge in [0.1, 0.15) is 0 Å². The second-order valence-corrected chi connectivity index (χ2v) is 4.14. The lowest BCUT2D eigenvalue weighted by Gasteiger charge is -2.08. The maximum absolute atomic E-state index is 12.0. The molecule has 0 aliphatic carbocycles. The second kappa shape index (κ2) is 5.49. The number of nitrogens with zero attached hydrogens (tertiary/aromatic N) is 2. The van der Waals surface area contributed by atoms with Crippen molar-refractivity contribution in [2.24, 2.45) is 0 Å². The Morgan fingerprint density at radius 1 is 1.33 bits per heavy atom. The van der Waals surface area contributed by atoms with E-state index < -0.39 is 0 Å². The quantitative estimate of drug-likeness (QED) is 0.894. The largest absolute Gasteiger partial charge is 0.346 e. The van der Waals surface area contributed by atoms with Crippen LogP contribution in [0.2, 0.25) is 0 Å². The van der Waals surface area contributed by atoms with Gasteiger partial charge in [0, 0.05) is 18.3 Å². The van der Waals surface area contributed by atoms with Crippen molar-refractivity contribution in [3.05, 3.63) is 53.3 Å². The molecule has 0 aliphatic heterocycles. The van der Waals surface area contributed by atoms with E-state index in [-0.39, 0.29) is 5.91 Å². The van der Waals surface area contributed by atoms with Crippen molar-refractivity contribution in [1.82, 2.24) is 15.1 Å². The fourth-order valence-corrected chi connectivity index (χ4v) is 1.89. The molecule has 4 nitrogen and oxygen atoms in total. The first-order valence-electron chi connectivity index (χ1n) is 6.07. The maximum Gasteiger partial charge on any atom is 0.251 e. The zero-order valence-corrected chi connectivity index (χ0v) is 10.7. The minimum absolute atomic E-state index is 0.0445. The molecule has 1 amide bonds. The van der Waals surface area contributed by atoms with Crippen molar-refractivity contribution >= 4 is 5.91 Å². The van der Waals surface area contributed by atoms with Gasteiger partial charge in [-0.25, -0.2) is 0 Å². The minimum atomic E-state index is -0.0445. The number of carbonyl (C=O) groups excluding carboxylic acids is 1. The normalized spacial score (nSPS) is 10.3. The Morgan fingerprint density at radius 2 is 2.11 bits per heavy atom. The number of aryl methyl sites for hydroxylation is 2. The van der Waals surface area contributed by atoms with Crippen molar-refractivity contribution in [1.29, 1.82) is 0 Å². The van der Waals surface area contributed by atoms with Gasteiger partial charge in [-0.15, -0.1) is 0 Å². The number of rotatable bonds is 4. The summed E-state index contributed by atoms with van der Waals surface area (Å²) < 4.78 is 1.87. The van der Waals surface area contributed by atoms with Crippen LogP contribution in [0.4, 0.5) is 0 Å². The molecule has 4 heteroatoms. The van der Waals surface area contributed by atoms with E-state index in [1.54, 1.807) is 6.20 Å². The third kappa shape index (κ3) is 2.59. The Kier molecular flexibility index (Phi) is 3.77. The number of carbonyl (C=O) groups is 1. The molecule has 1 heterocycles. The third-order valence-electron chi connectivity index (χ3n) is 2.92. The van der Waals surface area contributed by atoms with Gasteiger partial charge in [-0.05, 0) is 31.5 Å². The molecule has 2 aromatic rings. The smallest absolute Gasteiger partial charge is 0.251 e. The van der Waals surface area contributed by atoms with E-state index in [1.807, 2.05) is 48.9 Å². The molecule has 0 unspecified atom stereocenters. The van der Waals surface area contributed by atoms with Crippen molar-refractivity contribution in [3.8, 4) is 0 Å². The lowest BCUT2D eigenvalue weighted by Crippen LogP contribution is -2.25. The van der Waals surface area contributed by atoms with Crippen LogP contribution >= 0.6 is 0 Å². The number of hydrogen-bond donors (Lipinski definition) is 1. The van der Waals surface area contributed by atoms with Crippen LogP contribution in [-0.2, 0) is 13.1 Å². The molecule has 18 heavy (non-hydrogen) atoms. The van der Waals surface area contributed by atoms with Crippen molar-refractivity contribution in [2.45, 2.75) is 26.9 Å². The van der Waals surface area contributed by atoms with Gasteiger partial charge < -0.3 is 5.32 Å². The number of amides is 1. The van der Waals surface area contributed by atoms with E-state index in [0.29, 0.717) is 6.54 Å². The molecule has 0 spiro atoms. The molecular formula is C14H17N3O. The highest BCUT2D eigenvalue weighted by atomic mass is 16.1.